The van der Waals surface area contributed by atoms with E-state index in [0.717, 1.165) is 62.7 Å². The highest BCUT2D eigenvalue weighted by Crippen LogP contribution is 2.44. The predicted molar refractivity (Wildman–Crippen MR) is 230 cm³/mol. The Balaban J connectivity index is 0.959. The Kier molecular flexibility index (Phi) is 11.5. The second-order valence-corrected chi connectivity index (χ2v) is 17.4. The summed E-state index contributed by atoms with van der Waals surface area (Å²) >= 11 is 0. The molecule has 4 amide bonds. The van der Waals surface area contributed by atoms with Gasteiger partial charge in [0.05, 0.1) is 55.8 Å². The van der Waals surface area contributed by atoms with Crippen LogP contribution in [-0.4, -0.2) is 112 Å². The number of likely N-dealkylation sites (tertiary alicyclic amines) is 2. The average Bonchev–Trinajstić information content (AvgIpc) is 4.12. The number of methoxy groups -OCH3 is 2. The Labute approximate surface area is 363 Å². The Bertz CT molecular complexity index is 2570. The molecule has 6 heterocycles. The SMILES string of the molecule is COC(=O)N[C@H](C(=O)N1C(c2nc3c(ccc4cc5c(cc43)OCc3cc(-c4cnc(C6C[C@H](F)CN6C(=O)[C@@H](NC(=O)OC)C6CCOCC6)[nH]4)ccc3-5)[nH]2)CC[C@@H]1C)C(C)C. The molecule has 5 aromatic rings. The van der Waals surface area contributed by atoms with Gasteiger partial charge in [-0.05, 0) is 90.8 Å². The highest BCUT2D eigenvalue weighted by molar-refractivity contribution is 6.07. The third-order valence-electron chi connectivity index (χ3n) is 13.2. The van der Waals surface area contributed by atoms with Crippen molar-refractivity contribution in [1.82, 2.24) is 40.4 Å². The third-order valence-corrected chi connectivity index (χ3v) is 13.2. The van der Waals surface area contributed by atoms with Gasteiger partial charge in [-0.3, -0.25) is 9.59 Å². The maximum Gasteiger partial charge on any atom is 0.407 e. The summed E-state index contributed by atoms with van der Waals surface area (Å²) in [5, 5.41) is 7.34. The maximum absolute atomic E-state index is 15.1. The summed E-state index contributed by atoms with van der Waals surface area (Å²) in [7, 11) is 2.53. The van der Waals surface area contributed by atoms with Crippen LogP contribution in [0.5, 0.6) is 5.75 Å². The summed E-state index contributed by atoms with van der Waals surface area (Å²) in [6, 6.07) is 11.8. The zero-order valence-electron chi connectivity index (χ0n) is 36.0. The number of carbonyl (C=O) groups excluding carboxylic acids is 4. The van der Waals surface area contributed by atoms with Gasteiger partial charge in [0, 0.05) is 36.6 Å². The summed E-state index contributed by atoms with van der Waals surface area (Å²) in [5.41, 5.74) is 6.17. The Hall–Kier alpha value is -6.23. The van der Waals surface area contributed by atoms with Crippen molar-refractivity contribution in [1.29, 1.82) is 0 Å². The standard InChI is InChI=1S/C46H53FN8O8/c1-23(2)38(52-45(58)60-4)44(57)55-24(3)6-11-35(55)42-49-33-10-8-26-17-32-30-9-7-27(16-28(30)22-63-37(32)19-31(26)40(33)51-42)34-20-48-41(50-34)36-18-29(47)21-54(36)43(56)39(53-46(59)61-5)25-12-14-62-15-13-25/h7-10,16-17,19-20,23-25,29,35-36,38-39H,6,11-15,18,21-22H2,1-5H3,(H,48,50)(H,49,51)(H,52,58)(H,53,59)/t24-,29-,35?,36?,38-,39-/m0/s1. The van der Waals surface area contributed by atoms with Gasteiger partial charge >= 0.3 is 12.2 Å². The number of H-pyrrole nitrogens is 2. The van der Waals surface area contributed by atoms with Crippen molar-refractivity contribution in [3.05, 3.63) is 65.9 Å². The van der Waals surface area contributed by atoms with Gasteiger partial charge in [-0.15, -0.1) is 0 Å². The van der Waals surface area contributed by atoms with E-state index < -0.39 is 36.5 Å². The maximum atomic E-state index is 15.1. The molecule has 0 bridgehead atoms. The fraction of sp³-hybridized carbons (Fsp3) is 0.478. The first-order valence-corrected chi connectivity index (χ1v) is 21.7. The molecule has 6 atom stereocenters. The lowest BCUT2D eigenvalue weighted by Gasteiger charge is -2.34. The van der Waals surface area contributed by atoms with Gasteiger partial charge in [-0.25, -0.2) is 23.9 Å². The third kappa shape index (κ3) is 7.91. The van der Waals surface area contributed by atoms with Gasteiger partial charge in [-0.2, -0.15) is 0 Å². The number of amides is 4. The second kappa shape index (κ2) is 17.1. The van der Waals surface area contributed by atoms with E-state index in [2.05, 4.69) is 49.9 Å². The van der Waals surface area contributed by atoms with Crippen LogP contribution in [0.1, 0.15) is 82.2 Å². The van der Waals surface area contributed by atoms with Crippen LogP contribution in [-0.2, 0) is 30.4 Å². The number of ether oxygens (including phenoxy) is 4. The fourth-order valence-electron chi connectivity index (χ4n) is 9.85. The minimum Gasteiger partial charge on any atom is -0.488 e. The van der Waals surface area contributed by atoms with E-state index in [0.29, 0.717) is 50.0 Å². The molecule has 0 spiro atoms. The molecule has 9 rings (SSSR count). The normalized spacial score (nSPS) is 22.1. The van der Waals surface area contributed by atoms with Crippen LogP contribution >= 0.6 is 0 Å². The summed E-state index contributed by atoms with van der Waals surface area (Å²) in [5.74, 6) is 1.05. The fourth-order valence-corrected chi connectivity index (χ4v) is 9.85. The predicted octanol–water partition coefficient (Wildman–Crippen LogP) is 6.86. The zero-order valence-corrected chi connectivity index (χ0v) is 36.0. The van der Waals surface area contributed by atoms with Crippen molar-refractivity contribution in [2.45, 2.75) is 95.9 Å². The average molecular weight is 865 g/mol. The second-order valence-electron chi connectivity index (χ2n) is 17.4. The van der Waals surface area contributed by atoms with Crippen molar-refractivity contribution >= 4 is 45.8 Å². The molecule has 2 unspecified atom stereocenters. The van der Waals surface area contributed by atoms with E-state index in [1.807, 2.05) is 43.9 Å². The molecule has 3 saturated heterocycles. The number of hydrogen-bond donors (Lipinski definition) is 4. The van der Waals surface area contributed by atoms with E-state index in [1.165, 1.54) is 19.1 Å². The Morgan fingerprint density at radius 3 is 2.43 bits per heavy atom. The monoisotopic (exact) mass is 864 g/mol. The Morgan fingerprint density at radius 1 is 0.889 bits per heavy atom. The van der Waals surface area contributed by atoms with Gasteiger partial charge < -0.3 is 49.3 Å². The molecule has 16 nitrogen and oxygen atoms in total. The number of carbonyl (C=O) groups is 4. The summed E-state index contributed by atoms with van der Waals surface area (Å²) in [6.45, 7) is 7.00. The van der Waals surface area contributed by atoms with E-state index in [-0.39, 0.29) is 48.7 Å². The first kappa shape index (κ1) is 42.1. The number of aromatic nitrogens is 4. The van der Waals surface area contributed by atoms with Gasteiger partial charge in [0.2, 0.25) is 11.8 Å². The van der Waals surface area contributed by atoms with Crippen molar-refractivity contribution in [3.8, 4) is 28.1 Å². The van der Waals surface area contributed by atoms with Crippen LogP contribution in [0.4, 0.5) is 14.0 Å². The molecular weight excluding hydrogens is 812 g/mol. The largest absolute Gasteiger partial charge is 0.488 e. The van der Waals surface area contributed by atoms with Crippen LogP contribution in [0, 0.1) is 11.8 Å². The van der Waals surface area contributed by atoms with Crippen molar-refractivity contribution in [3.63, 3.8) is 0 Å². The number of halogens is 1. The molecule has 4 aliphatic rings. The molecule has 0 aliphatic carbocycles. The van der Waals surface area contributed by atoms with E-state index >= 15 is 4.39 Å². The van der Waals surface area contributed by atoms with Crippen LogP contribution in [0.3, 0.4) is 0 Å². The summed E-state index contributed by atoms with van der Waals surface area (Å²) in [6.07, 6.45) is 1.88. The smallest absolute Gasteiger partial charge is 0.407 e. The number of fused-ring (bicyclic) bond motifs is 6. The number of aromatic amines is 2. The molecule has 3 aromatic carbocycles. The molecular formula is C46H53FN8O8. The topological polar surface area (TPSA) is 193 Å². The quantitative estimate of drug-likeness (QED) is 0.122. The molecule has 2 aromatic heterocycles. The van der Waals surface area contributed by atoms with Gasteiger partial charge in [0.1, 0.15) is 42.3 Å². The number of rotatable bonds is 9. The highest BCUT2D eigenvalue weighted by atomic mass is 19.1. The molecule has 0 saturated carbocycles. The Morgan fingerprint density at radius 2 is 1.67 bits per heavy atom. The lowest BCUT2D eigenvalue weighted by Crippen LogP contribution is -2.53. The minimum atomic E-state index is -1.25. The lowest BCUT2D eigenvalue weighted by molar-refractivity contribution is -0.138. The van der Waals surface area contributed by atoms with Crippen molar-refractivity contribution in [2.75, 3.05) is 34.0 Å². The molecule has 17 heteroatoms. The first-order chi connectivity index (χ1) is 30.4. The van der Waals surface area contributed by atoms with Crippen LogP contribution < -0.4 is 15.4 Å². The first-order valence-electron chi connectivity index (χ1n) is 21.7. The molecule has 4 N–H and O–H groups in total. The van der Waals surface area contributed by atoms with Crippen molar-refractivity contribution < 1.29 is 42.5 Å². The zero-order chi connectivity index (χ0) is 44.1. The number of alkyl halides is 1. The molecule has 332 valence electrons. The number of hydrogen-bond acceptors (Lipinski definition) is 10. The summed E-state index contributed by atoms with van der Waals surface area (Å²) < 4.78 is 36.7. The minimum absolute atomic E-state index is 0.0413. The highest BCUT2D eigenvalue weighted by Gasteiger charge is 2.44. The van der Waals surface area contributed by atoms with Crippen LogP contribution in [0.2, 0.25) is 0 Å². The molecule has 63 heavy (non-hydrogen) atoms. The van der Waals surface area contributed by atoms with E-state index in [4.69, 9.17) is 23.9 Å². The number of imidazole rings is 2. The summed E-state index contributed by atoms with van der Waals surface area (Å²) in [4.78, 5) is 72.4. The number of alkyl carbamates (subject to hydrolysis) is 2. The number of nitrogens with one attached hydrogen (secondary N) is 4. The number of benzene rings is 3. The number of nitrogens with zero attached hydrogens (tertiary/aromatic N) is 4. The van der Waals surface area contributed by atoms with E-state index in [9.17, 15) is 19.2 Å². The van der Waals surface area contributed by atoms with Crippen molar-refractivity contribution in [2.24, 2.45) is 11.8 Å². The molecule has 4 aliphatic heterocycles. The molecule has 3 fully saturated rings. The van der Waals surface area contributed by atoms with Gasteiger partial charge in [-0.1, -0.05) is 32.0 Å². The lowest BCUT2D eigenvalue weighted by atomic mass is 9.90. The molecule has 0 radical (unpaired) electrons. The van der Waals surface area contributed by atoms with Crippen LogP contribution in [0.15, 0.2) is 48.7 Å². The van der Waals surface area contributed by atoms with Gasteiger partial charge in [0.15, 0.2) is 0 Å². The van der Waals surface area contributed by atoms with Crippen LogP contribution in [0.25, 0.3) is 44.2 Å². The van der Waals surface area contributed by atoms with E-state index in [1.54, 1.807) is 6.20 Å². The van der Waals surface area contributed by atoms with Gasteiger partial charge in [0.25, 0.3) is 0 Å².